The number of aliphatic hydroxyl groups excluding tert-OH is 2. The van der Waals surface area contributed by atoms with Gasteiger partial charge in [-0.2, -0.15) is 0 Å². The van der Waals surface area contributed by atoms with Gasteiger partial charge < -0.3 is 19.7 Å². The van der Waals surface area contributed by atoms with E-state index in [0.717, 1.165) is 34.6 Å². The van der Waals surface area contributed by atoms with Crippen LogP contribution in [0.15, 0.2) is 42.5 Å². The lowest BCUT2D eigenvalue weighted by Crippen LogP contribution is -2.33. The van der Waals surface area contributed by atoms with Gasteiger partial charge in [-0.15, -0.1) is 0 Å². The zero-order valence-corrected chi connectivity index (χ0v) is 19.5. The molecule has 1 saturated heterocycles. The lowest BCUT2D eigenvalue weighted by atomic mass is 9.94. The molecule has 3 unspecified atom stereocenters. The fourth-order valence-electron chi connectivity index (χ4n) is 3.55. The van der Waals surface area contributed by atoms with Gasteiger partial charge in [-0.25, -0.2) is 4.72 Å². The minimum absolute atomic E-state index is 0.105. The van der Waals surface area contributed by atoms with E-state index in [-0.39, 0.29) is 24.7 Å². The first kappa shape index (κ1) is 24.8. The Morgan fingerprint density at radius 2 is 2.03 bits per heavy atom. The van der Waals surface area contributed by atoms with Gasteiger partial charge >= 0.3 is 0 Å². The molecule has 0 aromatic heterocycles. The maximum Gasteiger partial charge on any atom is 0.227 e. The monoisotopic (exact) mass is 480 g/mol. The van der Waals surface area contributed by atoms with Crippen molar-refractivity contribution in [1.82, 2.24) is 9.44 Å². The molecule has 1 heterocycles. The number of rotatable bonds is 10. The Hall–Kier alpha value is -1.81. The van der Waals surface area contributed by atoms with E-state index in [0.29, 0.717) is 37.4 Å². The molecule has 0 radical (unpaired) electrons. The number of hydrogen-bond donors (Lipinski definition) is 4. The van der Waals surface area contributed by atoms with Crippen molar-refractivity contribution in [3.63, 3.8) is 0 Å². The van der Waals surface area contributed by atoms with Crippen LogP contribution in [0.2, 0.25) is 5.02 Å². The quantitative estimate of drug-likeness (QED) is 0.306. The Bertz CT molecular complexity index is 883. The second-order valence-corrected chi connectivity index (χ2v) is 8.83. The van der Waals surface area contributed by atoms with Gasteiger partial charge in [0.15, 0.2) is 0 Å². The highest BCUT2D eigenvalue weighted by Crippen LogP contribution is 2.33. The highest BCUT2D eigenvalue weighted by atomic mass is 35.5. The molecule has 1 fully saturated rings. The summed E-state index contributed by atoms with van der Waals surface area (Å²) in [5, 5.41) is 20.2. The summed E-state index contributed by atoms with van der Waals surface area (Å²) >= 11 is 7.58. The topological polar surface area (TPSA) is 100 Å². The van der Waals surface area contributed by atoms with Crippen molar-refractivity contribution >= 4 is 29.6 Å². The van der Waals surface area contributed by atoms with E-state index in [9.17, 15) is 15.0 Å². The molecule has 4 N–H and O–H groups in total. The molecule has 1 aliphatic heterocycles. The summed E-state index contributed by atoms with van der Waals surface area (Å²) in [7, 11) is 0. The SMILES string of the molecule is CC(=O)NSNCCOc1ccc(Cc2cc(C3CC(O)CC(CO)O3)ccc2Cl)cc1. The van der Waals surface area contributed by atoms with Crippen LogP contribution in [0.5, 0.6) is 5.75 Å². The number of amides is 1. The van der Waals surface area contributed by atoms with Gasteiger partial charge in [0, 0.05) is 43.5 Å². The zero-order valence-electron chi connectivity index (χ0n) is 17.9. The average Bonchev–Trinajstić information content (AvgIpc) is 2.78. The predicted molar refractivity (Wildman–Crippen MR) is 126 cm³/mol. The molecule has 0 saturated carbocycles. The summed E-state index contributed by atoms with van der Waals surface area (Å²) < 4.78 is 17.2. The van der Waals surface area contributed by atoms with E-state index >= 15 is 0 Å². The minimum Gasteiger partial charge on any atom is -0.492 e. The minimum atomic E-state index is -0.489. The molecule has 3 atom stereocenters. The molecule has 9 heteroatoms. The molecular formula is C23H29ClN2O5S. The maximum atomic E-state index is 10.8. The third kappa shape index (κ3) is 7.65. The van der Waals surface area contributed by atoms with Gasteiger partial charge in [0.1, 0.15) is 12.4 Å². The van der Waals surface area contributed by atoms with Crippen molar-refractivity contribution < 1.29 is 24.5 Å². The van der Waals surface area contributed by atoms with Crippen LogP contribution in [0.3, 0.4) is 0 Å². The average molecular weight is 481 g/mol. The lowest BCUT2D eigenvalue weighted by Gasteiger charge is -2.32. The summed E-state index contributed by atoms with van der Waals surface area (Å²) in [6.45, 7) is 2.41. The summed E-state index contributed by atoms with van der Waals surface area (Å²) in [6, 6.07) is 13.6. The Labute approximate surface area is 197 Å². The van der Waals surface area contributed by atoms with Crippen molar-refractivity contribution in [2.45, 2.75) is 44.5 Å². The molecule has 0 spiro atoms. The Morgan fingerprint density at radius 3 is 2.75 bits per heavy atom. The van der Waals surface area contributed by atoms with Crippen LogP contribution in [0, 0.1) is 0 Å². The van der Waals surface area contributed by atoms with Crippen LogP contribution in [-0.4, -0.2) is 48.1 Å². The number of ether oxygens (including phenoxy) is 2. The van der Waals surface area contributed by atoms with Gasteiger partial charge in [0.2, 0.25) is 5.91 Å². The first-order valence-corrected chi connectivity index (χ1v) is 11.7. The van der Waals surface area contributed by atoms with E-state index in [1.54, 1.807) is 0 Å². The van der Waals surface area contributed by atoms with Crippen LogP contribution in [0.4, 0.5) is 0 Å². The number of carbonyl (C=O) groups is 1. The Balaban J connectivity index is 1.55. The van der Waals surface area contributed by atoms with Crippen molar-refractivity contribution in [2.75, 3.05) is 19.8 Å². The second kappa shape index (κ2) is 12.4. The van der Waals surface area contributed by atoms with E-state index in [1.807, 2.05) is 42.5 Å². The Kier molecular flexibility index (Phi) is 9.65. The number of aliphatic hydroxyl groups is 2. The first-order chi connectivity index (χ1) is 15.4. The molecular weight excluding hydrogens is 452 g/mol. The molecule has 2 aromatic rings. The number of halogens is 1. The molecule has 7 nitrogen and oxygen atoms in total. The fourth-order valence-corrected chi connectivity index (χ4v) is 4.13. The molecule has 32 heavy (non-hydrogen) atoms. The fraction of sp³-hybridized carbons (Fsp3) is 0.435. The van der Waals surface area contributed by atoms with E-state index < -0.39 is 6.10 Å². The van der Waals surface area contributed by atoms with Crippen LogP contribution in [0.1, 0.15) is 42.6 Å². The van der Waals surface area contributed by atoms with Crippen molar-refractivity contribution in [2.24, 2.45) is 0 Å². The normalized spacial score (nSPS) is 20.7. The molecule has 2 aromatic carbocycles. The zero-order chi connectivity index (χ0) is 22.9. The molecule has 3 rings (SSSR count). The van der Waals surface area contributed by atoms with Crippen LogP contribution >= 0.6 is 23.7 Å². The van der Waals surface area contributed by atoms with Gasteiger partial charge in [0.25, 0.3) is 0 Å². The van der Waals surface area contributed by atoms with Gasteiger partial charge in [-0.05, 0) is 41.3 Å². The largest absolute Gasteiger partial charge is 0.492 e. The summed E-state index contributed by atoms with van der Waals surface area (Å²) in [4.78, 5) is 10.8. The molecule has 174 valence electrons. The number of hydrogen-bond acceptors (Lipinski definition) is 7. The molecule has 1 aliphatic rings. The van der Waals surface area contributed by atoms with Crippen LogP contribution < -0.4 is 14.2 Å². The summed E-state index contributed by atoms with van der Waals surface area (Å²) in [6.07, 6.45) is 0.500. The number of nitrogens with one attached hydrogen (secondary N) is 2. The Morgan fingerprint density at radius 1 is 1.25 bits per heavy atom. The first-order valence-electron chi connectivity index (χ1n) is 10.5. The van der Waals surface area contributed by atoms with Gasteiger partial charge in [0.05, 0.1) is 24.9 Å². The van der Waals surface area contributed by atoms with Crippen molar-refractivity contribution in [3.05, 3.63) is 64.2 Å². The van der Waals surface area contributed by atoms with Gasteiger partial charge in [-0.3, -0.25) is 9.52 Å². The third-order valence-electron chi connectivity index (χ3n) is 5.08. The van der Waals surface area contributed by atoms with Crippen molar-refractivity contribution in [3.8, 4) is 5.75 Å². The summed E-state index contributed by atoms with van der Waals surface area (Å²) in [5.74, 6) is 0.655. The molecule has 0 bridgehead atoms. The smallest absolute Gasteiger partial charge is 0.227 e. The number of benzene rings is 2. The van der Waals surface area contributed by atoms with Crippen LogP contribution in [0.25, 0.3) is 0 Å². The highest BCUT2D eigenvalue weighted by Gasteiger charge is 2.29. The highest BCUT2D eigenvalue weighted by molar-refractivity contribution is 7.96. The van der Waals surface area contributed by atoms with Crippen LogP contribution in [-0.2, 0) is 16.0 Å². The molecule has 0 aliphatic carbocycles. The standard InChI is InChI=1S/C23H29ClN2O5S/c1-15(28)26-32-25-8-9-30-20-5-2-16(3-6-20)10-18-11-17(4-7-22(18)24)23-13-19(29)12-21(14-27)31-23/h2-7,11,19,21,23,25,27,29H,8-10,12-14H2,1H3,(H,26,28). The predicted octanol–water partition coefficient (Wildman–Crippen LogP) is 3.17. The van der Waals surface area contributed by atoms with E-state index in [2.05, 4.69) is 9.44 Å². The van der Waals surface area contributed by atoms with E-state index in [4.69, 9.17) is 21.1 Å². The second-order valence-electron chi connectivity index (χ2n) is 7.73. The summed E-state index contributed by atoms with van der Waals surface area (Å²) in [5.41, 5.74) is 3.01. The maximum absolute atomic E-state index is 10.8. The van der Waals surface area contributed by atoms with E-state index in [1.165, 1.54) is 6.92 Å². The lowest BCUT2D eigenvalue weighted by molar-refractivity contribution is -0.117. The number of carbonyl (C=O) groups excluding carboxylic acids is 1. The van der Waals surface area contributed by atoms with Gasteiger partial charge in [-0.1, -0.05) is 35.9 Å². The van der Waals surface area contributed by atoms with Crippen molar-refractivity contribution in [1.29, 1.82) is 0 Å². The third-order valence-corrected chi connectivity index (χ3v) is 6.19. The molecule has 1 amide bonds.